The van der Waals surface area contributed by atoms with Crippen molar-refractivity contribution in [3.8, 4) is 0 Å². The van der Waals surface area contributed by atoms with E-state index in [1.54, 1.807) is 0 Å². The lowest BCUT2D eigenvalue weighted by atomic mass is 10.1. The first kappa shape index (κ1) is 15.3. The highest BCUT2D eigenvalue weighted by Crippen LogP contribution is 2.19. The van der Waals surface area contributed by atoms with Crippen LogP contribution in [0.1, 0.15) is 52.4 Å². The van der Waals surface area contributed by atoms with Gasteiger partial charge in [0.2, 0.25) is 11.8 Å². The molecule has 2 aliphatic heterocycles. The van der Waals surface area contributed by atoms with Crippen molar-refractivity contribution in [1.29, 1.82) is 0 Å². The zero-order valence-electron chi connectivity index (χ0n) is 12.6. The smallest absolute Gasteiger partial charge is 0.245 e. The number of amides is 2. The molecule has 0 aromatic rings. The number of ether oxygens (including phenoxy) is 1. The topological polar surface area (TPSA) is 58.6 Å². The average Bonchev–Trinajstić information content (AvgIpc) is 2.52. The molecule has 2 aliphatic rings. The van der Waals surface area contributed by atoms with E-state index in [-0.39, 0.29) is 30.0 Å². The van der Waals surface area contributed by atoms with Gasteiger partial charge >= 0.3 is 0 Å². The van der Waals surface area contributed by atoms with Crippen LogP contribution in [0.5, 0.6) is 0 Å². The van der Waals surface area contributed by atoms with Crippen molar-refractivity contribution >= 4 is 11.8 Å². The second-order valence-corrected chi connectivity index (χ2v) is 5.94. The van der Waals surface area contributed by atoms with Crippen LogP contribution >= 0.6 is 0 Å². The lowest BCUT2D eigenvalue weighted by Crippen LogP contribution is -2.49. The summed E-state index contributed by atoms with van der Waals surface area (Å²) < 4.78 is 5.74. The third kappa shape index (κ3) is 3.72. The fourth-order valence-electron chi connectivity index (χ4n) is 3.04. The monoisotopic (exact) mass is 282 g/mol. The van der Waals surface area contributed by atoms with E-state index in [9.17, 15) is 9.59 Å². The molecule has 0 radical (unpaired) electrons. The summed E-state index contributed by atoms with van der Waals surface area (Å²) in [7, 11) is 0. The molecule has 0 aromatic heterocycles. The molecular formula is C15H26N2O3. The number of hydrogen-bond donors (Lipinski definition) is 1. The van der Waals surface area contributed by atoms with Crippen molar-refractivity contribution < 1.29 is 14.3 Å². The van der Waals surface area contributed by atoms with Gasteiger partial charge in [-0.15, -0.1) is 0 Å². The summed E-state index contributed by atoms with van der Waals surface area (Å²) in [5, 5.41) is 2.86. The molecule has 0 aliphatic carbocycles. The summed E-state index contributed by atoms with van der Waals surface area (Å²) in [5.41, 5.74) is 0. The summed E-state index contributed by atoms with van der Waals surface area (Å²) in [6.07, 6.45) is 5.40. The van der Waals surface area contributed by atoms with Crippen LogP contribution < -0.4 is 5.32 Å². The molecule has 3 unspecified atom stereocenters. The quantitative estimate of drug-likeness (QED) is 0.849. The van der Waals surface area contributed by atoms with Gasteiger partial charge in [0, 0.05) is 25.6 Å². The van der Waals surface area contributed by atoms with Gasteiger partial charge < -0.3 is 15.0 Å². The molecule has 2 heterocycles. The van der Waals surface area contributed by atoms with Crippen molar-refractivity contribution in [3.05, 3.63) is 0 Å². The Morgan fingerprint density at radius 1 is 1.35 bits per heavy atom. The molecule has 20 heavy (non-hydrogen) atoms. The molecule has 0 aromatic carbocycles. The van der Waals surface area contributed by atoms with Gasteiger partial charge in [-0.25, -0.2) is 0 Å². The minimum atomic E-state index is -0.360. The zero-order valence-corrected chi connectivity index (χ0v) is 12.6. The minimum absolute atomic E-state index is 0.0173. The fourth-order valence-corrected chi connectivity index (χ4v) is 3.04. The molecule has 5 nitrogen and oxygen atoms in total. The van der Waals surface area contributed by atoms with Gasteiger partial charge in [-0.05, 0) is 32.6 Å². The molecule has 0 bridgehead atoms. The molecule has 1 N–H and O–H groups in total. The summed E-state index contributed by atoms with van der Waals surface area (Å²) in [6, 6.07) is -0.407. The largest absolute Gasteiger partial charge is 0.376 e. The highest BCUT2D eigenvalue weighted by Gasteiger charge is 2.34. The van der Waals surface area contributed by atoms with Crippen LogP contribution in [0.25, 0.3) is 0 Å². The van der Waals surface area contributed by atoms with E-state index in [2.05, 4.69) is 5.32 Å². The molecule has 2 fully saturated rings. The first-order valence-corrected chi connectivity index (χ1v) is 7.83. The van der Waals surface area contributed by atoms with Crippen molar-refractivity contribution in [2.45, 2.75) is 70.6 Å². The third-order valence-corrected chi connectivity index (χ3v) is 4.18. The van der Waals surface area contributed by atoms with Crippen LogP contribution in [-0.2, 0) is 14.3 Å². The molecule has 2 rings (SSSR count). The van der Waals surface area contributed by atoms with Crippen molar-refractivity contribution in [2.75, 3.05) is 13.2 Å². The standard InChI is InChI=1S/C15H26N2O3/c1-3-6-13-15(19)17(11(2)9-14(18)16-13)10-12-7-4-5-8-20-12/h11-13H,3-10H2,1-2H3,(H,16,18). The van der Waals surface area contributed by atoms with E-state index in [0.717, 1.165) is 32.3 Å². The second kappa shape index (κ2) is 7.07. The number of nitrogens with zero attached hydrogens (tertiary/aromatic N) is 1. The molecular weight excluding hydrogens is 256 g/mol. The number of carbonyl (C=O) groups is 2. The first-order valence-electron chi connectivity index (χ1n) is 7.83. The molecule has 2 amide bonds. The van der Waals surface area contributed by atoms with E-state index in [0.29, 0.717) is 19.4 Å². The number of hydrogen-bond acceptors (Lipinski definition) is 3. The molecule has 0 saturated carbocycles. The SMILES string of the molecule is CCCC1NC(=O)CC(C)N(CC2CCCCO2)C1=O. The van der Waals surface area contributed by atoms with Gasteiger partial charge in [0.1, 0.15) is 6.04 Å². The predicted molar refractivity (Wildman–Crippen MR) is 76.2 cm³/mol. The van der Waals surface area contributed by atoms with E-state index in [1.807, 2.05) is 18.7 Å². The summed E-state index contributed by atoms with van der Waals surface area (Å²) in [6.45, 7) is 5.39. The van der Waals surface area contributed by atoms with Crippen LogP contribution in [-0.4, -0.2) is 48.1 Å². The van der Waals surface area contributed by atoms with Crippen molar-refractivity contribution in [1.82, 2.24) is 10.2 Å². The third-order valence-electron chi connectivity index (χ3n) is 4.18. The molecule has 114 valence electrons. The van der Waals surface area contributed by atoms with E-state index >= 15 is 0 Å². The van der Waals surface area contributed by atoms with Crippen molar-refractivity contribution in [2.24, 2.45) is 0 Å². The Kier molecular flexibility index (Phi) is 5.40. The fraction of sp³-hybridized carbons (Fsp3) is 0.867. The maximum atomic E-state index is 12.6. The van der Waals surface area contributed by atoms with Gasteiger partial charge in [0.15, 0.2) is 0 Å². The lowest BCUT2D eigenvalue weighted by Gasteiger charge is -2.33. The van der Waals surface area contributed by atoms with Gasteiger partial charge in [0.25, 0.3) is 0 Å². The maximum Gasteiger partial charge on any atom is 0.245 e. The minimum Gasteiger partial charge on any atom is -0.376 e. The Labute approximate surface area is 121 Å². The van der Waals surface area contributed by atoms with Crippen LogP contribution in [0, 0.1) is 0 Å². The van der Waals surface area contributed by atoms with Crippen LogP contribution in [0.15, 0.2) is 0 Å². The number of nitrogens with one attached hydrogen (secondary N) is 1. The number of carbonyl (C=O) groups excluding carboxylic acids is 2. The number of rotatable bonds is 4. The van der Waals surface area contributed by atoms with Gasteiger partial charge in [0.05, 0.1) is 6.10 Å². The average molecular weight is 282 g/mol. The normalized spacial score (nSPS) is 31.9. The zero-order chi connectivity index (χ0) is 14.5. The molecule has 3 atom stereocenters. The highest BCUT2D eigenvalue weighted by atomic mass is 16.5. The van der Waals surface area contributed by atoms with E-state index in [1.165, 1.54) is 0 Å². The predicted octanol–water partition coefficient (Wildman–Crippen LogP) is 1.46. The Hall–Kier alpha value is -1.10. The Bertz CT molecular complexity index is 353. The molecule has 0 spiro atoms. The maximum absolute atomic E-state index is 12.6. The molecule has 2 saturated heterocycles. The lowest BCUT2D eigenvalue weighted by molar-refractivity contribution is -0.137. The van der Waals surface area contributed by atoms with Gasteiger partial charge in [-0.1, -0.05) is 13.3 Å². The van der Waals surface area contributed by atoms with Gasteiger partial charge in [-0.2, -0.15) is 0 Å². The van der Waals surface area contributed by atoms with Crippen LogP contribution in [0.2, 0.25) is 0 Å². The Balaban J connectivity index is 2.05. The van der Waals surface area contributed by atoms with E-state index < -0.39 is 0 Å². The van der Waals surface area contributed by atoms with Crippen molar-refractivity contribution in [3.63, 3.8) is 0 Å². The second-order valence-electron chi connectivity index (χ2n) is 5.94. The Morgan fingerprint density at radius 2 is 2.15 bits per heavy atom. The summed E-state index contributed by atoms with van der Waals surface area (Å²) in [5.74, 6) is 0.0377. The first-order chi connectivity index (χ1) is 9.61. The van der Waals surface area contributed by atoms with Crippen LogP contribution in [0.4, 0.5) is 0 Å². The summed E-state index contributed by atoms with van der Waals surface area (Å²) >= 11 is 0. The Morgan fingerprint density at radius 3 is 2.80 bits per heavy atom. The van der Waals surface area contributed by atoms with Gasteiger partial charge in [-0.3, -0.25) is 9.59 Å². The van der Waals surface area contributed by atoms with Crippen LogP contribution in [0.3, 0.4) is 0 Å². The highest BCUT2D eigenvalue weighted by molar-refractivity contribution is 5.90. The molecule has 5 heteroatoms. The van der Waals surface area contributed by atoms with E-state index in [4.69, 9.17) is 4.74 Å². The summed E-state index contributed by atoms with van der Waals surface area (Å²) in [4.78, 5) is 26.3.